The maximum absolute atomic E-state index is 2.12. The van der Waals surface area contributed by atoms with E-state index in [0.717, 1.165) is 0 Å². The molecule has 1 aromatic rings. The minimum absolute atomic E-state index is 1.24. The summed E-state index contributed by atoms with van der Waals surface area (Å²) in [6.07, 6.45) is 8.48. The summed E-state index contributed by atoms with van der Waals surface area (Å²) in [5.41, 5.74) is 4.95. The zero-order valence-electron chi connectivity index (χ0n) is 16.4. The van der Waals surface area contributed by atoms with E-state index in [1.807, 2.05) is 56.4 Å². The minimum atomic E-state index is 1.24. The van der Waals surface area contributed by atoms with Gasteiger partial charge >= 0.3 is 0 Å². The predicted molar refractivity (Wildman–Crippen MR) is 108 cm³/mol. The molecule has 0 N–H and O–H groups in total. The van der Waals surface area contributed by atoms with Crippen LogP contribution < -0.4 is 9.80 Å². The van der Waals surface area contributed by atoms with E-state index in [1.54, 1.807) is 0 Å². The topological polar surface area (TPSA) is 12.5 Å². The first kappa shape index (κ1) is 19.7. The minimum Gasteiger partial charge on any atom is -0.378 e. The Bertz CT molecular complexity index is 576. The van der Waals surface area contributed by atoms with Crippen molar-refractivity contribution in [3.63, 3.8) is 0 Å². The number of rotatable bonds is 2. The van der Waals surface area contributed by atoms with Gasteiger partial charge in [0, 0.05) is 63.9 Å². The van der Waals surface area contributed by atoms with Crippen molar-refractivity contribution in [1.82, 2.24) is 0 Å². The van der Waals surface area contributed by atoms with Crippen molar-refractivity contribution in [1.29, 1.82) is 0 Å². The second kappa shape index (κ2) is 9.06. The van der Waals surface area contributed by atoms with E-state index < -0.39 is 0 Å². The third-order valence-corrected chi connectivity index (χ3v) is 3.77. The van der Waals surface area contributed by atoms with Gasteiger partial charge in [-0.2, -0.15) is 0 Å². The van der Waals surface area contributed by atoms with Crippen molar-refractivity contribution in [3.8, 4) is 0 Å². The van der Waals surface area contributed by atoms with Gasteiger partial charge in [-0.3, -0.25) is 0 Å². The third-order valence-electron chi connectivity index (χ3n) is 3.77. The van der Waals surface area contributed by atoms with Gasteiger partial charge in [-0.25, -0.2) is 9.15 Å². The molecule has 24 heavy (non-hydrogen) atoms. The predicted octanol–water partition coefficient (Wildman–Crippen LogP) is 2.36. The Balaban J connectivity index is 0.000000240. The molecule has 0 atom stereocenters. The molecule has 1 aliphatic carbocycles. The Morgan fingerprint density at radius 2 is 0.792 bits per heavy atom. The van der Waals surface area contributed by atoms with E-state index in [1.165, 1.54) is 22.8 Å². The smallest absolute Gasteiger partial charge is 0.199 e. The van der Waals surface area contributed by atoms with Gasteiger partial charge in [0.05, 0.1) is 0 Å². The van der Waals surface area contributed by atoms with Crippen molar-refractivity contribution in [2.75, 3.05) is 66.2 Å². The lowest BCUT2D eigenvalue weighted by molar-refractivity contribution is -0.464. The van der Waals surface area contributed by atoms with Crippen LogP contribution in [0.4, 0.5) is 11.4 Å². The number of hydrogen-bond donors (Lipinski definition) is 0. The molecular weight excluding hydrogens is 296 g/mol. The Morgan fingerprint density at radius 1 is 0.542 bits per heavy atom. The fourth-order valence-electron chi connectivity index (χ4n) is 2.10. The van der Waals surface area contributed by atoms with Crippen LogP contribution in [-0.2, 0) is 0 Å². The molecule has 0 aromatic heterocycles. The lowest BCUT2D eigenvalue weighted by Gasteiger charge is -2.16. The van der Waals surface area contributed by atoms with E-state index in [4.69, 9.17) is 0 Å². The number of nitrogens with zero attached hydrogens (tertiary/aromatic N) is 4. The maximum atomic E-state index is 2.12. The number of benzene rings is 1. The van der Waals surface area contributed by atoms with Crippen LogP contribution in [0.5, 0.6) is 0 Å². The zero-order chi connectivity index (χ0) is 18.3. The van der Waals surface area contributed by atoms with Crippen LogP contribution in [0.25, 0.3) is 0 Å². The lowest BCUT2D eigenvalue weighted by Crippen LogP contribution is -2.15. The third kappa shape index (κ3) is 6.03. The van der Waals surface area contributed by atoms with Crippen molar-refractivity contribution < 1.29 is 9.15 Å². The second-order valence-corrected chi connectivity index (χ2v) is 6.61. The summed E-state index contributed by atoms with van der Waals surface area (Å²) >= 11 is 0. The van der Waals surface area contributed by atoms with Crippen LogP contribution in [0.15, 0.2) is 48.6 Å². The van der Waals surface area contributed by atoms with Crippen LogP contribution in [0, 0.1) is 0 Å². The zero-order valence-corrected chi connectivity index (χ0v) is 16.4. The average Bonchev–Trinajstić information content (AvgIpc) is 2.55. The van der Waals surface area contributed by atoms with Crippen molar-refractivity contribution in [3.05, 3.63) is 48.6 Å². The van der Waals surface area contributed by atoms with Gasteiger partial charge in [-0.1, -0.05) is 0 Å². The molecule has 1 aromatic carbocycles. The number of allylic oxidation sites excluding steroid dienone is 4. The normalized spacial score (nSPS) is 12.5. The molecule has 0 radical (unpaired) electrons. The van der Waals surface area contributed by atoms with Gasteiger partial charge in [0.15, 0.2) is 11.4 Å². The van der Waals surface area contributed by atoms with Crippen molar-refractivity contribution in [2.24, 2.45) is 0 Å². The van der Waals surface area contributed by atoms with Crippen LogP contribution in [-0.4, -0.2) is 77.0 Å². The Labute approximate surface area is 147 Å². The SMILES string of the molecule is CN(C)c1ccc(N(C)C)cc1.C[N+](C)=C1C=CC(=[N+](C)C)C=C1. The summed E-state index contributed by atoms with van der Waals surface area (Å²) in [6.45, 7) is 0. The monoisotopic (exact) mass is 328 g/mol. The summed E-state index contributed by atoms with van der Waals surface area (Å²) in [6, 6.07) is 8.48. The first-order chi connectivity index (χ1) is 11.2. The summed E-state index contributed by atoms with van der Waals surface area (Å²) in [5, 5.41) is 0. The Hall–Kier alpha value is -2.36. The first-order valence-corrected chi connectivity index (χ1v) is 8.11. The first-order valence-electron chi connectivity index (χ1n) is 8.11. The van der Waals surface area contributed by atoms with E-state index in [9.17, 15) is 0 Å². The van der Waals surface area contributed by atoms with Gasteiger partial charge in [0.2, 0.25) is 0 Å². The van der Waals surface area contributed by atoms with Crippen LogP contribution in [0.1, 0.15) is 0 Å². The van der Waals surface area contributed by atoms with E-state index in [-0.39, 0.29) is 0 Å². The van der Waals surface area contributed by atoms with Crippen molar-refractivity contribution >= 4 is 22.8 Å². The summed E-state index contributed by atoms with van der Waals surface area (Å²) < 4.78 is 4.19. The number of hydrogen-bond acceptors (Lipinski definition) is 2. The number of anilines is 2. The Kier molecular flexibility index (Phi) is 7.43. The molecule has 2 rings (SSSR count). The molecule has 0 saturated heterocycles. The highest BCUT2D eigenvalue weighted by Crippen LogP contribution is 2.16. The Morgan fingerprint density at radius 3 is 0.958 bits per heavy atom. The highest BCUT2D eigenvalue weighted by Gasteiger charge is 2.08. The molecule has 1 aliphatic rings. The quantitative estimate of drug-likeness (QED) is 0.610. The van der Waals surface area contributed by atoms with E-state index in [0.29, 0.717) is 0 Å². The van der Waals surface area contributed by atoms with Crippen LogP contribution >= 0.6 is 0 Å². The molecule has 0 spiro atoms. The molecule has 0 amide bonds. The second-order valence-electron chi connectivity index (χ2n) is 6.61. The molecule has 130 valence electrons. The van der Waals surface area contributed by atoms with E-state index in [2.05, 4.69) is 67.5 Å². The van der Waals surface area contributed by atoms with Gasteiger partial charge in [-0.15, -0.1) is 0 Å². The van der Waals surface area contributed by atoms with Gasteiger partial charge < -0.3 is 9.80 Å². The summed E-state index contributed by atoms with van der Waals surface area (Å²) in [4.78, 5) is 4.19. The van der Waals surface area contributed by atoms with Gasteiger partial charge in [0.25, 0.3) is 0 Å². The lowest BCUT2D eigenvalue weighted by atomic mass is 10.1. The standard InChI is InChI=1S/2C10H16N2/c2*1-11(2)9-5-7-10(8-6-9)12(3)4/h2*5-8H,1-4H3/q;+2. The molecular formula is C20H32N4+2. The molecule has 0 unspecified atom stereocenters. The molecule has 0 aliphatic heterocycles. The molecule has 0 heterocycles. The fourth-order valence-corrected chi connectivity index (χ4v) is 2.10. The highest BCUT2D eigenvalue weighted by molar-refractivity contribution is 6.15. The van der Waals surface area contributed by atoms with Crippen LogP contribution in [0.2, 0.25) is 0 Å². The molecule has 0 saturated carbocycles. The van der Waals surface area contributed by atoms with E-state index >= 15 is 0 Å². The van der Waals surface area contributed by atoms with Crippen LogP contribution in [0.3, 0.4) is 0 Å². The average molecular weight is 329 g/mol. The molecule has 0 fully saturated rings. The van der Waals surface area contributed by atoms with Gasteiger partial charge in [0.1, 0.15) is 28.2 Å². The van der Waals surface area contributed by atoms with Gasteiger partial charge in [-0.05, 0) is 24.3 Å². The summed E-state index contributed by atoms with van der Waals surface area (Å²) in [5.74, 6) is 0. The highest BCUT2D eigenvalue weighted by atomic mass is 15.1. The molecule has 0 bridgehead atoms. The van der Waals surface area contributed by atoms with Crippen molar-refractivity contribution in [2.45, 2.75) is 0 Å². The summed E-state index contributed by atoms with van der Waals surface area (Å²) in [7, 11) is 16.4. The fraction of sp³-hybridized carbons (Fsp3) is 0.400. The largest absolute Gasteiger partial charge is 0.378 e. The molecule has 4 heteroatoms. The molecule has 4 nitrogen and oxygen atoms in total. The maximum Gasteiger partial charge on any atom is 0.199 e.